The van der Waals surface area contributed by atoms with E-state index in [1.807, 2.05) is 30.1 Å². The number of carbonyl (C=O) groups excluding carboxylic acids is 1. The van der Waals surface area contributed by atoms with E-state index in [2.05, 4.69) is 6.07 Å². The highest BCUT2D eigenvalue weighted by Crippen LogP contribution is 2.27. The summed E-state index contributed by atoms with van der Waals surface area (Å²) in [5.41, 5.74) is 8.79. The lowest BCUT2D eigenvalue weighted by atomic mass is 10.1. The zero-order valence-electron chi connectivity index (χ0n) is 11.8. The van der Waals surface area contributed by atoms with Crippen LogP contribution in [0.25, 0.3) is 0 Å². The van der Waals surface area contributed by atoms with Crippen LogP contribution in [-0.2, 0) is 4.74 Å². The number of anilines is 3. The molecule has 0 heterocycles. The number of nitriles is 1. The zero-order chi connectivity index (χ0) is 15.4. The lowest BCUT2D eigenvalue weighted by molar-refractivity contribution is 0.0602. The van der Waals surface area contributed by atoms with E-state index in [4.69, 9.17) is 15.7 Å². The first kappa shape index (κ1) is 14.4. The third-order valence-corrected chi connectivity index (χ3v) is 3.21. The van der Waals surface area contributed by atoms with Crippen molar-refractivity contribution in [2.24, 2.45) is 0 Å². The van der Waals surface area contributed by atoms with E-state index < -0.39 is 5.97 Å². The van der Waals surface area contributed by atoms with E-state index >= 15 is 0 Å². The van der Waals surface area contributed by atoms with Crippen molar-refractivity contribution in [1.82, 2.24) is 0 Å². The quantitative estimate of drug-likeness (QED) is 0.691. The molecule has 2 rings (SSSR count). The van der Waals surface area contributed by atoms with Gasteiger partial charge in [0.15, 0.2) is 0 Å². The summed E-state index contributed by atoms with van der Waals surface area (Å²) in [6, 6.07) is 14.4. The molecule has 0 atom stereocenters. The summed E-state index contributed by atoms with van der Waals surface area (Å²) >= 11 is 0. The molecule has 2 aromatic rings. The Balaban J connectivity index is 2.36. The van der Waals surface area contributed by atoms with E-state index in [0.717, 1.165) is 11.4 Å². The molecule has 0 fully saturated rings. The highest BCUT2D eigenvalue weighted by molar-refractivity contribution is 5.96. The smallest absolute Gasteiger partial charge is 0.340 e. The number of carbonyl (C=O) groups is 1. The van der Waals surface area contributed by atoms with Gasteiger partial charge in [-0.1, -0.05) is 0 Å². The molecule has 0 aliphatic carbocycles. The van der Waals surface area contributed by atoms with Crippen LogP contribution >= 0.6 is 0 Å². The highest BCUT2D eigenvalue weighted by Gasteiger charge is 2.13. The molecule has 0 saturated carbocycles. The molecule has 5 nitrogen and oxygen atoms in total. The number of ether oxygens (including phenoxy) is 1. The summed E-state index contributed by atoms with van der Waals surface area (Å²) in [7, 11) is 3.19. The zero-order valence-corrected chi connectivity index (χ0v) is 11.8. The van der Waals surface area contributed by atoms with Gasteiger partial charge in [0.1, 0.15) is 0 Å². The number of benzene rings is 2. The fourth-order valence-electron chi connectivity index (χ4n) is 1.95. The first-order valence-electron chi connectivity index (χ1n) is 6.28. The summed E-state index contributed by atoms with van der Waals surface area (Å²) in [6.07, 6.45) is 0. The summed E-state index contributed by atoms with van der Waals surface area (Å²) in [6.45, 7) is 0. The molecule has 0 saturated heterocycles. The van der Waals surface area contributed by atoms with Gasteiger partial charge < -0.3 is 15.4 Å². The van der Waals surface area contributed by atoms with E-state index in [0.29, 0.717) is 16.8 Å². The molecule has 0 spiro atoms. The molecule has 5 heteroatoms. The molecule has 0 radical (unpaired) electrons. The maximum Gasteiger partial charge on any atom is 0.340 e. The van der Waals surface area contributed by atoms with Gasteiger partial charge >= 0.3 is 5.97 Å². The van der Waals surface area contributed by atoms with Crippen LogP contribution in [0.5, 0.6) is 0 Å². The van der Waals surface area contributed by atoms with Gasteiger partial charge in [-0.2, -0.15) is 5.26 Å². The molecule has 0 aliphatic heterocycles. The molecule has 0 aliphatic rings. The molecule has 0 bridgehead atoms. The second-order valence-electron chi connectivity index (χ2n) is 4.48. The van der Waals surface area contributed by atoms with Crippen molar-refractivity contribution in [2.45, 2.75) is 0 Å². The van der Waals surface area contributed by atoms with Gasteiger partial charge in [-0.15, -0.1) is 0 Å². The van der Waals surface area contributed by atoms with Gasteiger partial charge in [-0.25, -0.2) is 4.79 Å². The van der Waals surface area contributed by atoms with E-state index in [-0.39, 0.29) is 0 Å². The molecule has 106 valence electrons. The fraction of sp³-hybridized carbons (Fsp3) is 0.125. The first-order chi connectivity index (χ1) is 10.1. The van der Waals surface area contributed by atoms with Crippen LogP contribution in [0.1, 0.15) is 15.9 Å². The van der Waals surface area contributed by atoms with Crippen molar-refractivity contribution in [3.8, 4) is 6.07 Å². The lowest BCUT2D eigenvalue weighted by Gasteiger charge is -2.20. The standard InChI is InChI=1S/C16H15N3O2/c1-19(12-5-3-11(10-17)4-6-12)13-7-8-15(18)14(9-13)16(20)21-2/h3-9H,18H2,1-2H3. The summed E-state index contributed by atoms with van der Waals surface area (Å²) in [5, 5.41) is 8.81. The molecule has 0 amide bonds. The van der Waals surface area contributed by atoms with Crippen LogP contribution < -0.4 is 10.6 Å². The van der Waals surface area contributed by atoms with Crippen molar-refractivity contribution < 1.29 is 9.53 Å². The number of nitrogens with zero attached hydrogens (tertiary/aromatic N) is 2. The molecule has 0 aromatic heterocycles. The van der Waals surface area contributed by atoms with Crippen LogP contribution in [-0.4, -0.2) is 20.1 Å². The Labute approximate surface area is 123 Å². The van der Waals surface area contributed by atoms with Crippen LogP contribution in [0, 0.1) is 11.3 Å². The Hall–Kier alpha value is -3.00. The Morgan fingerprint density at radius 3 is 2.38 bits per heavy atom. The predicted octanol–water partition coefficient (Wildman–Crippen LogP) is 2.69. The molecule has 0 unspecified atom stereocenters. The lowest BCUT2D eigenvalue weighted by Crippen LogP contribution is -2.12. The molecule has 2 N–H and O–H groups in total. The van der Waals surface area contributed by atoms with Gasteiger partial charge in [0.2, 0.25) is 0 Å². The van der Waals surface area contributed by atoms with Crippen molar-refractivity contribution in [3.63, 3.8) is 0 Å². The van der Waals surface area contributed by atoms with Gasteiger partial charge in [0, 0.05) is 24.1 Å². The van der Waals surface area contributed by atoms with Crippen molar-refractivity contribution >= 4 is 23.0 Å². The van der Waals surface area contributed by atoms with Crippen LogP contribution in [0.2, 0.25) is 0 Å². The number of hydrogen-bond acceptors (Lipinski definition) is 5. The third-order valence-electron chi connectivity index (χ3n) is 3.21. The monoisotopic (exact) mass is 281 g/mol. The number of rotatable bonds is 3. The Morgan fingerprint density at radius 2 is 1.81 bits per heavy atom. The number of hydrogen-bond donors (Lipinski definition) is 1. The highest BCUT2D eigenvalue weighted by atomic mass is 16.5. The second kappa shape index (κ2) is 5.97. The van der Waals surface area contributed by atoms with E-state index in [9.17, 15) is 4.79 Å². The van der Waals surface area contributed by atoms with Crippen LogP contribution in [0.15, 0.2) is 42.5 Å². The van der Waals surface area contributed by atoms with Crippen molar-refractivity contribution in [1.29, 1.82) is 5.26 Å². The Kier molecular flexibility index (Phi) is 4.10. The number of nitrogen functional groups attached to an aromatic ring is 1. The van der Waals surface area contributed by atoms with Gasteiger partial charge in [-0.3, -0.25) is 0 Å². The maximum atomic E-state index is 11.7. The SMILES string of the molecule is COC(=O)c1cc(N(C)c2ccc(C#N)cc2)ccc1N. The van der Waals surface area contributed by atoms with Gasteiger partial charge in [0.05, 0.1) is 24.3 Å². The second-order valence-corrected chi connectivity index (χ2v) is 4.48. The van der Waals surface area contributed by atoms with Gasteiger partial charge in [0.25, 0.3) is 0 Å². The summed E-state index contributed by atoms with van der Waals surface area (Å²) in [4.78, 5) is 13.6. The normalized spacial score (nSPS) is 9.76. The first-order valence-corrected chi connectivity index (χ1v) is 6.28. The molecular weight excluding hydrogens is 266 g/mol. The van der Waals surface area contributed by atoms with Crippen molar-refractivity contribution in [3.05, 3.63) is 53.6 Å². The minimum atomic E-state index is -0.470. The molecule has 21 heavy (non-hydrogen) atoms. The predicted molar refractivity (Wildman–Crippen MR) is 81.4 cm³/mol. The van der Waals surface area contributed by atoms with E-state index in [1.54, 1.807) is 24.3 Å². The Bertz CT molecular complexity index is 702. The Morgan fingerprint density at radius 1 is 1.19 bits per heavy atom. The largest absolute Gasteiger partial charge is 0.465 e. The van der Waals surface area contributed by atoms with Crippen LogP contribution in [0.3, 0.4) is 0 Å². The maximum absolute atomic E-state index is 11.7. The number of nitrogens with two attached hydrogens (primary N) is 1. The van der Waals surface area contributed by atoms with Crippen LogP contribution in [0.4, 0.5) is 17.1 Å². The van der Waals surface area contributed by atoms with E-state index in [1.165, 1.54) is 7.11 Å². The average Bonchev–Trinajstić information content (AvgIpc) is 2.54. The van der Waals surface area contributed by atoms with Crippen molar-refractivity contribution in [2.75, 3.05) is 24.8 Å². The molecular formula is C16H15N3O2. The van der Waals surface area contributed by atoms with Gasteiger partial charge in [-0.05, 0) is 42.5 Å². The minimum Gasteiger partial charge on any atom is -0.465 e. The number of methoxy groups -OCH3 is 1. The summed E-state index contributed by atoms with van der Waals surface area (Å²) < 4.78 is 4.71. The topological polar surface area (TPSA) is 79.3 Å². The number of esters is 1. The summed E-state index contributed by atoms with van der Waals surface area (Å²) in [5.74, 6) is -0.470. The average molecular weight is 281 g/mol. The third kappa shape index (κ3) is 2.95. The fourth-order valence-corrected chi connectivity index (χ4v) is 1.95. The minimum absolute atomic E-state index is 0.329. The molecule has 2 aromatic carbocycles.